The van der Waals surface area contributed by atoms with Crippen LogP contribution < -0.4 is 0 Å². The molecule has 0 spiro atoms. The maximum atomic E-state index is 14.4. The van der Waals surface area contributed by atoms with Crippen molar-refractivity contribution in [3.8, 4) is 0 Å². The molecule has 1 rings (SSSR count). The Morgan fingerprint density at radius 1 is 1.35 bits per heavy atom. The first-order chi connectivity index (χ1) is 9.52. The van der Waals surface area contributed by atoms with Gasteiger partial charge in [-0.05, 0) is 12.5 Å². The minimum absolute atomic E-state index is 0.0396. The summed E-state index contributed by atoms with van der Waals surface area (Å²) in [5.41, 5.74) is -0.237. The summed E-state index contributed by atoms with van der Waals surface area (Å²) in [6, 6.07) is 5.99. The molecule has 0 radical (unpaired) electrons. The van der Waals surface area contributed by atoms with Crippen LogP contribution in [0, 0.1) is 0 Å². The van der Waals surface area contributed by atoms with Gasteiger partial charge in [0.1, 0.15) is 0 Å². The lowest BCUT2D eigenvalue weighted by atomic mass is 9.98. The van der Waals surface area contributed by atoms with Crippen molar-refractivity contribution in [3.63, 3.8) is 0 Å². The van der Waals surface area contributed by atoms with Crippen molar-refractivity contribution >= 4 is 11.9 Å². The molecule has 20 heavy (non-hydrogen) atoms. The van der Waals surface area contributed by atoms with E-state index in [-0.39, 0.29) is 23.3 Å². The van der Waals surface area contributed by atoms with E-state index < -0.39 is 18.1 Å². The van der Waals surface area contributed by atoms with Crippen LogP contribution in [0.5, 0.6) is 0 Å². The third-order valence-corrected chi connectivity index (χ3v) is 2.64. The molecule has 1 aromatic rings. The molecule has 108 valence electrons. The lowest BCUT2D eigenvalue weighted by molar-refractivity contribution is -0.139. The smallest absolute Gasteiger partial charge is 0.338 e. The van der Waals surface area contributed by atoms with Gasteiger partial charge in [0.2, 0.25) is 0 Å². The molecule has 4 nitrogen and oxygen atoms in total. The predicted octanol–water partition coefficient (Wildman–Crippen LogP) is 2.99. The van der Waals surface area contributed by atoms with E-state index in [1.807, 2.05) is 6.92 Å². The van der Waals surface area contributed by atoms with Crippen molar-refractivity contribution in [3.05, 3.63) is 47.5 Å². The molecule has 0 saturated heterocycles. The molecule has 0 amide bonds. The summed E-state index contributed by atoms with van der Waals surface area (Å²) in [6.07, 6.45) is -1.18. The first kappa shape index (κ1) is 15.9. The SMILES string of the molecule is C=C(C(=O)OCCC)C(F)c1ccccc1C(=O)OC. The molecular weight excluding hydrogens is 263 g/mol. The van der Waals surface area contributed by atoms with Crippen molar-refractivity contribution < 1.29 is 23.5 Å². The molecule has 5 heteroatoms. The summed E-state index contributed by atoms with van der Waals surface area (Å²) in [7, 11) is 1.21. The van der Waals surface area contributed by atoms with Crippen LogP contribution in [0.15, 0.2) is 36.4 Å². The summed E-state index contributed by atoms with van der Waals surface area (Å²) in [6.45, 7) is 5.43. The van der Waals surface area contributed by atoms with E-state index in [0.717, 1.165) is 0 Å². The highest BCUT2D eigenvalue weighted by atomic mass is 19.1. The van der Waals surface area contributed by atoms with Gasteiger partial charge in [-0.2, -0.15) is 0 Å². The fourth-order valence-corrected chi connectivity index (χ4v) is 1.59. The number of esters is 2. The molecule has 0 aliphatic heterocycles. The highest BCUT2D eigenvalue weighted by Crippen LogP contribution is 2.28. The van der Waals surface area contributed by atoms with Gasteiger partial charge in [0.25, 0.3) is 0 Å². The summed E-state index contributed by atoms with van der Waals surface area (Å²) in [5, 5.41) is 0. The molecule has 0 saturated carbocycles. The van der Waals surface area contributed by atoms with E-state index in [1.54, 1.807) is 12.1 Å². The summed E-state index contributed by atoms with van der Waals surface area (Å²) < 4.78 is 23.8. The largest absolute Gasteiger partial charge is 0.465 e. The Bertz CT molecular complexity index is 510. The van der Waals surface area contributed by atoms with E-state index in [4.69, 9.17) is 4.74 Å². The number of carbonyl (C=O) groups excluding carboxylic acids is 2. The number of rotatable bonds is 6. The Labute approximate surface area is 117 Å². The number of methoxy groups -OCH3 is 1. The zero-order valence-corrected chi connectivity index (χ0v) is 11.5. The van der Waals surface area contributed by atoms with Crippen LogP contribution in [-0.2, 0) is 14.3 Å². The molecule has 0 aliphatic rings. The molecule has 0 aliphatic carbocycles. The second-order valence-electron chi connectivity index (χ2n) is 4.10. The first-order valence-corrected chi connectivity index (χ1v) is 6.20. The summed E-state index contributed by atoms with van der Waals surface area (Å²) >= 11 is 0. The Balaban J connectivity index is 2.97. The third-order valence-electron chi connectivity index (χ3n) is 2.64. The van der Waals surface area contributed by atoms with Crippen LogP contribution >= 0.6 is 0 Å². The van der Waals surface area contributed by atoms with Crippen LogP contribution in [0.25, 0.3) is 0 Å². The van der Waals surface area contributed by atoms with Crippen LogP contribution in [0.1, 0.15) is 35.4 Å². The Morgan fingerprint density at radius 3 is 2.60 bits per heavy atom. The van der Waals surface area contributed by atoms with Gasteiger partial charge in [-0.25, -0.2) is 14.0 Å². The normalized spacial score (nSPS) is 11.6. The van der Waals surface area contributed by atoms with Crippen molar-refractivity contribution in [2.75, 3.05) is 13.7 Å². The maximum Gasteiger partial charge on any atom is 0.338 e. The van der Waals surface area contributed by atoms with E-state index in [9.17, 15) is 14.0 Å². The van der Waals surface area contributed by atoms with Crippen LogP contribution in [0.2, 0.25) is 0 Å². The van der Waals surface area contributed by atoms with Gasteiger partial charge in [-0.1, -0.05) is 31.7 Å². The number of hydrogen-bond donors (Lipinski definition) is 0. The average molecular weight is 280 g/mol. The van der Waals surface area contributed by atoms with Gasteiger partial charge in [0.05, 0.1) is 24.9 Å². The predicted molar refractivity (Wildman–Crippen MR) is 72.0 cm³/mol. The lowest BCUT2D eigenvalue weighted by Crippen LogP contribution is -2.15. The standard InChI is InChI=1S/C15H17FO4/c1-4-9-20-14(17)10(2)13(16)11-7-5-6-8-12(11)15(18)19-3/h5-8,13H,2,4,9H2,1,3H3. The molecule has 0 N–H and O–H groups in total. The van der Waals surface area contributed by atoms with Gasteiger partial charge in [-0.3, -0.25) is 0 Å². The summed E-state index contributed by atoms with van der Waals surface area (Å²) in [5.74, 6) is -1.48. The number of halogens is 1. The molecule has 1 unspecified atom stereocenters. The number of ether oxygens (including phenoxy) is 2. The van der Waals surface area contributed by atoms with Gasteiger partial charge in [-0.15, -0.1) is 0 Å². The second-order valence-corrected chi connectivity index (χ2v) is 4.10. The first-order valence-electron chi connectivity index (χ1n) is 6.20. The fourth-order valence-electron chi connectivity index (χ4n) is 1.59. The highest BCUT2D eigenvalue weighted by Gasteiger charge is 2.25. The van der Waals surface area contributed by atoms with Crippen molar-refractivity contribution in [1.29, 1.82) is 0 Å². The van der Waals surface area contributed by atoms with Gasteiger partial charge in [0, 0.05) is 5.56 Å². The maximum absolute atomic E-state index is 14.4. The number of hydrogen-bond acceptors (Lipinski definition) is 4. The zero-order chi connectivity index (χ0) is 15.1. The Hall–Kier alpha value is -2.17. The molecular formula is C15H17FO4. The minimum Gasteiger partial charge on any atom is -0.465 e. The zero-order valence-electron chi connectivity index (χ0n) is 11.5. The molecule has 0 heterocycles. The van der Waals surface area contributed by atoms with Crippen molar-refractivity contribution in [2.24, 2.45) is 0 Å². The fraction of sp³-hybridized carbons (Fsp3) is 0.333. The van der Waals surface area contributed by atoms with E-state index in [2.05, 4.69) is 11.3 Å². The van der Waals surface area contributed by atoms with Crippen LogP contribution in [0.3, 0.4) is 0 Å². The van der Waals surface area contributed by atoms with Gasteiger partial charge in [0.15, 0.2) is 6.17 Å². The van der Waals surface area contributed by atoms with Crippen molar-refractivity contribution in [1.82, 2.24) is 0 Å². The second kappa shape index (κ2) is 7.43. The molecule has 0 fully saturated rings. The minimum atomic E-state index is -1.81. The summed E-state index contributed by atoms with van der Waals surface area (Å²) in [4.78, 5) is 23.2. The molecule has 1 aromatic carbocycles. The third kappa shape index (κ3) is 3.66. The lowest BCUT2D eigenvalue weighted by Gasteiger charge is -2.14. The van der Waals surface area contributed by atoms with E-state index in [0.29, 0.717) is 6.42 Å². The molecule has 0 aromatic heterocycles. The molecule has 0 bridgehead atoms. The van der Waals surface area contributed by atoms with Gasteiger partial charge >= 0.3 is 11.9 Å². The number of benzene rings is 1. The Kier molecular flexibility index (Phi) is 5.90. The van der Waals surface area contributed by atoms with Gasteiger partial charge < -0.3 is 9.47 Å². The van der Waals surface area contributed by atoms with Crippen LogP contribution in [-0.4, -0.2) is 25.7 Å². The number of carbonyl (C=O) groups is 2. The quantitative estimate of drug-likeness (QED) is 0.594. The monoisotopic (exact) mass is 280 g/mol. The molecule has 1 atom stereocenters. The Morgan fingerprint density at radius 2 is 2.00 bits per heavy atom. The van der Waals surface area contributed by atoms with Crippen LogP contribution in [0.4, 0.5) is 4.39 Å². The van der Waals surface area contributed by atoms with Crippen molar-refractivity contribution in [2.45, 2.75) is 19.5 Å². The van der Waals surface area contributed by atoms with E-state index >= 15 is 0 Å². The number of alkyl halides is 1. The van der Waals surface area contributed by atoms with E-state index in [1.165, 1.54) is 19.2 Å². The average Bonchev–Trinajstić information content (AvgIpc) is 2.50. The topological polar surface area (TPSA) is 52.6 Å². The highest BCUT2D eigenvalue weighted by molar-refractivity contribution is 5.93.